The van der Waals surface area contributed by atoms with E-state index in [-0.39, 0.29) is 79.3 Å². The van der Waals surface area contributed by atoms with Crippen molar-refractivity contribution in [2.45, 2.75) is 88.9 Å². The Hall–Kier alpha value is -6.73. The second-order valence-electron chi connectivity index (χ2n) is 19.4. The Morgan fingerprint density at radius 2 is 1.72 bits per heavy atom. The number of benzene rings is 3. The first kappa shape index (κ1) is 53.6. The summed E-state index contributed by atoms with van der Waals surface area (Å²) < 4.78 is 53.1. The highest BCUT2D eigenvalue weighted by atomic mass is 32.1. The summed E-state index contributed by atoms with van der Waals surface area (Å²) in [4.78, 5) is 129. The topological polar surface area (TPSA) is 258 Å². The zero-order valence-electron chi connectivity index (χ0n) is 40.4. The molecule has 4 aromatic rings. The molecule has 0 aliphatic carbocycles. The lowest BCUT2D eigenvalue weighted by atomic mass is 9.85. The molecule has 0 spiro atoms. The van der Waals surface area contributed by atoms with E-state index < -0.39 is 103 Å². The van der Waals surface area contributed by atoms with Gasteiger partial charge in [-0.25, -0.2) is 0 Å². The van der Waals surface area contributed by atoms with Gasteiger partial charge in [-0.05, 0) is 65.6 Å². The number of nitrogens with one attached hydrogen (secondary N) is 3. The molecule has 5 heterocycles. The number of morpholine rings is 1. The number of hydrogen-bond acceptors (Lipinski definition) is 12. The third kappa shape index (κ3) is 11.5. The monoisotopic (exact) mass is 1060 g/mol. The van der Waals surface area contributed by atoms with E-state index in [4.69, 9.17) is 9.47 Å². The predicted octanol–water partition coefficient (Wildman–Crippen LogP) is 4.21. The number of piperidine rings is 1. The standard InChI is InChI=1S/C51H53F2N6O13PS/c1-50(2,3)43(56-45(63)40-24-31-23-32(14-17-39(31)74-40)51(52,53)73(68,69)70)49(67)58-26-33(25-37(58)48(66)57-20-21-71-38(27-57)30-11-7-4-8-12-30)72-28-42(61)54-19-9-5-6-10-29-13-15-34-35(22-29)47(65)59(46(34)64)36-16-18-41(60)55-44(36)62/h4,7-8,11-15,17,22-24,33,36-38,43H,5,9,16,18-21,25-28H2,1-3H3,(H,54,61)(H,56,63)(H,55,60,62)(H2,68,69,70)/t33-,36?,37-,38?,43+/m0/s1. The number of carbonyl (C=O) groups excluding carboxylic acids is 8. The minimum Gasteiger partial charge on any atom is -0.370 e. The van der Waals surface area contributed by atoms with E-state index in [1.165, 1.54) is 29.2 Å². The number of carbonyl (C=O) groups is 8. The number of likely N-dealkylation sites (tertiary alicyclic amines) is 1. The number of amides is 8. The Morgan fingerprint density at radius 3 is 2.43 bits per heavy atom. The highest BCUT2D eigenvalue weighted by Gasteiger charge is 2.51. The van der Waals surface area contributed by atoms with E-state index >= 15 is 0 Å². The van der Waals surface area contributed by atoms with Gasteiger partial charge in [0.15, 0.2) is 0 Å². The molecule has 1 aromatic heterocycles. The summed E-state index contributed by atoms with van der Waals surface area (Å²) in [6.45, 7) is 5.55. The molecule has 4 aliphatic rings. The fourth-order valence-electron chi connectivity index (χ4n) is 9.22. The minimum atomic E-state index is -5.86. The Balaban J connectivity index is 0.899. The third-order valence-electron chi connectivity index (χ3n) is 13.1. The average Bonchev–Trinajstić information content (AvgIpc) is 4.06. The van der Waals surface area contributed by atoms with Gasteiger partial charge in [0.05, 0.1) is 35.3 Å². The van der Waals surface area contributed by atoms with Crippen molar-refractivity contribution < 1.29 is 71.0 Å². The highest BCUT2D eigenvalue weighted by molar-refractivity contribution is 7.52. The molecule has 8 rings (SSSR count). The van der Waals surface area contributed by atoms with Crippen molar-refractivity contribution in [3.8, 4) is 11.8 Å². The van der Waals surface area contributed by atoms with Crippen molar-refractivity contribution in [3.63, 3.8) is 0 Å². The van der Waals surface area contributed by atoms with Gasteiger partial charge in [-0.1, -0.05) is 69.0 Å². The Morgan fingerprint density at radius 1 is 0.973 bits per heavy atom. The van der Waals surface area contributed by atoms with Gasteiger partial charge < -0.3 is 39.7 Å². The molecule has 23 heteroatoms. The van der Waals surface area contributed by atoms with Crippen LogP contribution in [0.1, 0.15) is 106 Å². The van der Waals surface area contributed by atoms with Crippen LogP contribution in [0.3, 0.4) is 0 Å². The van der Waals surface area contributed by atoms with Crippen LogP contribution in [0.15, 0.2) is 72.8 Å². The molecule has 4 aliphatic heterocycles. The molecule has 8 amide bonds. The molecule has 0 saturated carbocycles. The van der Waals surface area contributed by atoms with E-state index in [1.807, 2.05) is 30.3 Å². The quantitative estimate of drug-likeness (QED) is 0.0514. The number of rotatable bonds is 14. The number of ether oxygens (including phenoxy) is 2. The van der Waals surface area contributed by atoms with Gasteiger partial charge in [0.25, 0.3) is 17.7 Å². The highest BCUT2D eigenvalue weighted by Crippen LogP contribution is 2.59. The lowest BCUT2D eigenvalue weighted by Crippen LogP contribution is -2.58. The first-order valence-corrected chi connectivity index (χ1v) is 26.2. The van der Waals surface area contributed by atoms with E-state index in [2.05, 4.69) is 27.8 Å². The van der Waals surface area contributed by atoms with Crippen LogP contribution in [0.4, 0.5) is 8.78 Å². The average molecular weight is 1060 g/mol. The largest absolute Gasteiger partial charge is 0.399 e. The molecular formula is C51H53F2N6O13PS. The summed E-state index contributed by atoms with van der Waals surface area (Å²) >= 11 is 0.926. The first-order chi connectivity index (χ1) is 35.0. The van der Waals surface area contributed by atoms with Gasteiger partial charge in [-0.3, -0.25) is 53.1 Å². The van der Waals surface area contributed by atoms with Crippen molar-refractivity contribution in [2.75, 3.05) is 39.4 Å². The molecule has 5 atom stereocenters. The zero-order valence-corrected chi connectivity index (χ0v) is 42.1. The maximum atomic E-state index is 14.8. The number of thiophene rings is 1. The van der Waals surface area contributed by atoms with Crippen LogP contribution < -0.4 is 16.0 Å². The third-order valence-corrected chi connectivity index (χ3v) is 15.3. The summed E-state index contributed by atoms with van der Waals surface area (Å²) in [6, 6.07) is 14.8. The zero-order chi connectivity index (χ0) is 53.3. The number of nitrogens with zero attached hydrogens (tertiary/aromatic N) is 3. The first-order valence-electron chi connectivity index (χ1n) is 23.8. The van der Waals surface area contributed by atoms with Crippen molar-refractivity contribution in [1.82, 2.24) is 30.7 Å². The number of alkyl halides is 2. The Kier molecular flexibility index (Phi) is 15.6. The molecule has 390 valence electrons. The molecule has 3 fully saturated rings. The second-order valence-corrected chi connectivity index (χ2v) is 22.1. The minimum absolute atomic E-state index is 0.00242. The number of hydrogen-bond donors (Lipinski definition) is 5. The van der Waals surface area contributed by atoms with Crippen molar-refractivity contribution in [2.24, 2.45) is 5.41 Å². The van der Waals surface area contributed by atoms with Gasteiger partial charge in [0.2, 0.25) is 29.5 Å². The van der Waals surface area contributed by atoms with Crippen LogP contribution in [-0.4, -0.2) is 135 Å². The molecule has 0 bridgehead atoms. The van der Waals surface area contributed by atoms with Gasteiger partial charge in [-0.2, -0.15) is 8.78 Å². The molecule has 0 radical (unpaired) electrons. The fourth-order valence-corrected chi connectivity index (χ4v) is 10.6. The number of unbranched alkanes of at least 4 members (excludes halogenated alkanes) is 1. The number of imide groups is 2. The Labute approximate surface area is 427 Å². The molecule has 74 heavy (non-hydrogen) atoms. The number of halogens is 2. The van der Waals surface area contributed by atoms with Crippen molar-refractivity contribution in [1.29, 1.82) is 0 Å². The van der Waals surface area contributed by atoms with Crippen molar-refractivity contribution >= 4 is 76.3 Å². The maximum Gasteiger partial charge on any atom is 0.399 e. The summed E-state index contributed by atoms with van der Waals surface area (Å²) in [6.07, 6.45) is -0.361. The van der Waals surface area contributed by atoms with Crippen LogP contribution in [0.2, 0.25) is 0 Å². The van der Waals surface area contributed by atoms with Gasteiger partial charge in [-0.15, -0.1) is 11.3 Å². The predicted molar refractivity (Wildman–Crippen MR) is 262 cm³/mol. The van der Waals surface area contributed by atoms with Gasteiger partial charge >= 0.3 is 13.3 Å². The summed E-state index contributed by atoms with van der Waals surface area (Å²) in [5, 5.41) is 7.85. The summed E-state index contributed by atoms with van der Waals surface area (Å²) in [5.41, 5.74) is -4.78. The van der Waals surface area contributed by atoms with E-state index in [9.17, 15) is 61.5 Å². The molecule has 3 saturated heterocycles. The van der Waals surface area contributed by atoms with Crippen LogP contribution in [-0.2, 0) is 43.7 Å². The molecule has 19 nitrogen and oxygen atoms in total. The smallest absolute Gasteiger partial charge is 0.370 e. The van der Waals surface area contributed by atoms with Crippen LogP contribution in [0, 0.1) is 17.3 Å². The molecule has 5 N–H and O–H groups in total. The molecular weight excluding hydrogens is 1010 g/mol. The second kappa shape index (κ2) is 21.6. The Bertz CT molecular complexity index is 3040. The lowest BCUT2D eigenvalue weighted by molar-refractivity contribution is -0.150. The summed E-state index contributed by atoms with van der Waals surface area (Å²) in [5.74, 6) is 1.32. The lowest BCUT2D eigenvalue weighted by Gasteiger charge is -2.38. The summed E-state index contributed by atoms with van der Waals surface area (Å²) in [7, 11) is -5.86. The normalized spacial score (nSPS) is 20.7. The fraction of sp³-hybridized carbons (Fsp3) is 0.412. The number of fused-ring (bicyclic) bond motifs is 2. The van der Waals surface area contributed by atoms with Crippen LogP contribution in [0.25, 0.3) is 10.1 Å². The van der Waals surface area contributed by atoms with Crippen LogP contribution in [0.5, 0.6) is 0 Å². The van der Waals surface area contributed by atoms with E-state index in [0.29, 0.717) is 23.1 Å². The molecule has 3 aromatic carbocycles. The van der Waals surface area contributed by atoms with E-state index in [1.54, 1.807) is 31.7 Å². The van der Waals surface area contributed by atoms with Crippen LogP contribution >= 0.6 is 18.9 Å². The SMILES string of the molecule is CC(C)(C)[C@H](NC(=O)c1cc2cc(C(F)(F)P(=O)(O)O)ccc2s1)C(=O)N1C[C@@H](OCC(=O)NCCCC#Cc2ccc3c(c2)C(=O)N(C2CCC(=O)NC2=O)C3=O)C[C@H]1C(=O)N1CCOC(c2ccccc2)C1. The van der Waals surface area contributed by atoms with E-state index in [0.717, 1.165) is 33.9 Å². The van der Waals surface area contributed by atoms with Gasteiger partial charge in [0, 0.05) is 54.7 Å². The van der Waals surface area contributed by atoms with Crippen molar-refractivity contribution in [3.05, 3.63) is 105 Å². The van der Waals surface area contributed by atoms with Gasteiger partial charge in [0.1, 0.15) is 30.8 Å². The maximum absolute atomic E-state index is 14.8. The molecule has 2 unspecified atom stereocenters.